The summed E-state index contributed by atoms with van der Waals surface area (Å²) in [6, 6.07) is 1.54. The molecule has 0 fully saturated rings. The first-order valence-corrected chi connectivity index (χ1v) is 5.01. The Morgan fingerprint density at radius 2 is 2.07 bits per heavy atom. The number of aromatic nitrogens is 2. The lowest BCUT2D eigenvalue weighted by Gasteiger charge is -2.30. The Morgan fingerprint density at radius 3 is 2.53 bits per heavy atom. The fraction of sp³-hybridized carbons (Fsp3) is 0.556. The Morgan fingerprint density at radius 1 is 1.40 bits per heavy atom. The number of anilines is 1. The van der Waals surface area contributed by atoms with E-state index in [0.29, 0.717) is 17.4 Å². The van der Waals surface area contributed by atoms with Gasteiger partial charge in [-0.1, -0.05) is 18.5 Å². The molecule has 0 aliphatic rings. The van der Waals surface area contributed by atoms with Crippen LogP contribution in [0.25, 0.3) is 0 Å². The van der Waals surface area contributed by atoms with Gasteiger partial charge in [0.2, 0.25) is 0 Å². The summed E-state index contributed by atoms with van der Waals surface area (Å²) >= 11 is 5.69. The van der Waals surface area contributed by atoms with Gasteiger partial charge in [-0.2, -0.15) is 0 Å². The fourth-order valence-corrected chi connectivity index (χ4v) is 1.26. The molecule has 0 aliphatic heterocycles. The molecule has 0 saturated heterocycles. The van der Waals surface area contributed by atoms with E-state index in [9.17, 15) is 10.2 Å². The van der Waals surface area contributed by atoms with Crippen LogP contribution >= 0.6 is 11.6 Å². The van der Waals surface area contributed by atoms with Crippen LogP contribution in [0.4, 0.5) is 5.82 Å². The van der Waals surface area contributed by atoms with Crippen LogP contribution in [0.5, 0.6) is 0 Å². The summed E-state index contributed by atoms with van der Waals surface area (Å²) in [7, 11) is 0. The maximum absolute atomic E-state index is 9.21. The van der Waals surface area contributed by atoms with Crippen LogP contribution in [-0.4, -0.2) is 38.9 Å². The Kier molecular flexibility index (Phi) is 4.26. The first-order chi connectivity index (χ1) is 7.15. The molecule has 1 aromatic heterocycles. The van der Waals surface area contributed by atoms with Crippen molar-refractivity contribution in [3.63, 3.8) is 0 Å². The first-order valence-electron chi connectivity index (χ1n) is 4.63. The van der Waals surface area contributed by atoms with Gasteiger partial charge in [-0.3, -0.25) is 0 Å². The minimum atomic E-state index is -0.766. The van der Waals surface area contributed by atoms with Gasteiger partial charge in [0.25, 0.3) is 0 Å². The lowest BCUT2D eigenvalue weighted by Crippen LogP contribution is -2.45. The summed E-state index contributed by atoms with van der Waals surface area (Å²) in [4.78, 5) is 7.68. The van der Waals surface area contributed by atoms with E-state index in [-0.39, 0.29) is 13.2 Å². The van der Waals surface area contributed by atoms with Crippen LogP contribution in [0, 0.1) is 0 Å². The average molecular weight is 232 g/mol. The van der Waals surface area contributed by atoms with Crippen molar-refractivity contribution in [3.8, 4) is 0 Å². The highest BCUT2D eigenvalue weighted by molar-refractivity contribution is 6.29. The van der Waals surface area contributed by atoms with E-state index in [2.05, 4.69) is 15.3 Å². The Balaban J connectivity index is 2.82. The quantitative estimate of drug-likeness (QED) is 0.650. The topological polar surface area (TPSA) is 78.3 Å². The molecule has 0 atom stereocenters. The third kappa shape index (κ3) is 3.02. The van der Waals surface area contributed by atoms with Crippen LogP contribution in [-0.2, 0) is 0 Å². The normalized spacial score (nSPS) is 11.5. The highest BCUT2D eigenvalue weighted by Gasteiger charge is 2.26. The van der Waals surface area contributed by atoms with Gasteiger partial charge in [-0.15, -0.1) is 0 Å². The van der Waals surface area contributed by atoms with Crippen LogP contribution in [0.3, 0.4) is 0 Å². The van der Waals surface area contributed by atoms with E-state index in [1.54, 1.807) is 0 Å². The zero-order valence-corrected chi connectivity index (χ0v) is 9.20. The minimum absolute atomic E-state index is 0.179. The summed E-state index contributed by atoms with van der Waals surface area (Å²) in [6.45, 7) is 1.51. The molecule has 84 valence electrons. The number of nitrogens with one attached hydrogen (secondary N) is 1. The zero-order valence-electron chi connectivity index (χ0n) is 8.44. The van der Waals surface area contributed by atoms with Gasteiger partial charge in [-0.25, -0.2) is 9.97 Å². The number of hydrogen-bond acceptors (Lipinski definition) is 5. The Labute approximate surface area is 93.1 Å². The number of rotatable bonds is 5. The predicted molar refractivity (Wildman–Crippen MR) is 57.9 cm³/mol. The fourth-order valence-electron chi connectivity index (χ4n) is 1.11. The number of halogens is 1. The SMILES string of the molecule is CCC(CO)(CO)Nc1cc(Cl)ncn1. The summed E-state index contributed by atoms with van der Waals surface area (Å²) in [6.07, 6.45) is 1.89. The van der Waals surface area contributed by atoms with Gasteiger partial charge in [0.1, 0.15) is 17.3 Å². The molecular formula is C9H14ClN3O2. The van der Waals surface area contributed by atoms with Crippen LogP contribution in [0.15, 0.2) is 12.4 Å². The number of aliphatic hydroxyl groups excluding tert-OH is 2. The van der Waals surface area contributed by atoms with Crippen molar-refractivity contribution in [1.29, 1.82) is 0 Å². The van der Waals surface area contributed by atoms with Gasteiger partial charge >= 0.3 is 0 Å². The predicted octanol–water partition coefficient (Wildman–Crippen LogP) is 0.675. The monoisotopic (exact) mass is 231 g/mol. The van der Waals surface area contributed by atoms with Crippen molar-refractivity contribution >= 4 is 17.4 Å². The molecule has 0 aromatic carbocycles. The molecule has 0 aliphatic carbocycles. The van der Waals surface area contributed by atoms with E-state index in [0.717, 1.165) is 0 Å². The molecule has 0 radical (unpaired) electrons. The van der Waals surface area contributed by atoms with Crippen molar-refractivity contribution in [1.82, 2.24) is 9.97 Å². The molecule has 15 heavy (non-hydrogen) atoms. The molecule has 0 unspecified atom stereocenters. The molecule has 0 spiro atoms. The van der Waals surface area contributed by atoms with Crippen LogP contribution in [0.1, 0.15) is 13.3 Å². The van der Waals surface area contributed by atoms with Crippen molar-refractivity contribution < 1.29 is 10.2 Å². The van der Waals surface area contributed by atoms with Gasteiger partial charge in [0.15, 0.2) is 0 Å². The molecule has 1 rings (SSSR count). The lowest BCUT2D eigenvalue weighted by molar-refractivity contribution is 0.132. The van der Waals surface area contributed by atoms with Crippen molar-refractivity contribution in [2.24, 2.45) is 0 Å². The van der Waals surface area contributed by atoms with Crippen LogP contribution < -0.4 is 5.32 Å². The van der Waals surface area contributed by atoms with Gasteiger partial charge in [-0.05, 0) is 6.42 Å². The van der Waals surface area contributed by atoms with Gasteiger partial charge < -0.3 is 15.5 Å². The molecule has 0 bridgehead atoms. The number of nitrogens with zero attached hydrogens (tertiary/aromatic N) is 2. The van der Waals surface area contributed by atoms with E-state index >= 15 is 0 Å². The smallest absolute Gasteiger partial charge is 0.134 e. The lowest BCUT2D eigenvalue weighted by atomic mass is 9.98. The standard InChI is InChI=1S/C9H14ClN3O2/c1-2-9(4-14,5-15)13-8-3-7(10)11-6-12-8/h3,6,14-15H,2,4-5H2,1H3,(H,11,12,13). The molecular weight excluding hydrogens is 218 g/mol. The minimum Gasteiger partial charge on any atom is -0.394 e. The number of aliphatic hydroxyl groups is 2. The number of hydrogen-bond donors (Lipinski definition) is 3. The second-order valence-electron chi connectivity index (χ2n) is 3.30. The average Bonchev–Trinajstić information content (AvgIpc) is 2.26. The molecule has 0 saturated carbocycles. The third-order valence-electron chi connectivity index (χ3n) is 2.31. The highest BCUT2D eigenvalue weighted by atomic mass is 35.5. The van der Waals surface area contributed by atoms with Crippen molar-refractivity contribution in [2.75, 3.05) is 18.5 Å². The molecule has 3 N–H and O–H groups in total. The van der Waals surface area contributed by atoms with E-state index in [1.807, 2.05) is 6.92 Å². The first kappa shape index (κ1) is 12.2. The summed E-state index contributed by atoms with van der Waals surface area (Å²) in [5.74, 6) is 0.486. The summed E-state index contributed by atoms with van der Waals surface area (Å²) in [5.41, 5.74) is -0.766. The highest BCUT2D eigenvalue weighted by Crippen LogP contribution is 2.17. The second kappa shape index (κ2) is 5.25. The van der Waals surface area contributed by atoms with Crippen LogP contribution in [0.2, 0.25) is 5.15 Å². The zero-order chi connectivity index (χ0) is 11.3. The van der Waals surface area contributed by atoms with Crippen molar-refractivity contribution in [2.45, 2.75) is 18.9 Å². The third-order valence-corrected chi connectivity index (χ3v) is 2.52. The Bertz CT molecular complexity index is 310. The molecule has 1 aromatic rings. The Hall–Kier alpha value is -0.910. The molecule has 0 amide bonds. The molecule has 5 nitrogen and oxygen atoms in total. The maximum Gasteiger partial charge on any atom is 0.134 e. The summed E-state index contributed by atoms with van der Waals surface area (Å²) in [5, 5.41) is 21.7. The maximum atomic E-state index is 9.21. The van der Waals surface area contributed by atoms with Gasteiger partial charge in [0, 0.05) is 6.07 Å². The van der Waals surface area contributed by atoms with E-state index < -0.39 is 5.54 Å². The largest absolute Gasteiger partial charge is 0.394 e. The second-order valence-corrected chi connectivity index (χ2v) is 3.69. The van der Waals surface area contributed by atoms with Gasteiger partial charge in [0.05, 0.1) is 18.8 Å². The molecule has 6 heteroatoms. The van der Waals surface area contributed by atoms with Crippen molar-refractivity contribution in [3.05, 3.63) is 17.5 Å². The summed E-state index contributed by atoms with van der Waals surface area (Å²) < 4.78 is 0. The van der Waals surface area contributed by atoms with E-state index in [4.69, 9.17) is 11.6 Å². The van der Waals surface area contributed by atoms with E-state index in [1.165, 1.54) is 12.4 Å². The molecule has 1 heterocycles.